The summed E-state index contributed by atoms with van der Waals surface area (Å²) in [7, 11) is 0. The largest absolute Gasteiger partial charge is 0.507 e. The Balaban J connectivity index is 0.660. The molecule has 2 aliphatic carbocycles. The Kier molecular flexibility index (Phi) is 16.7. The third-order valence-electron chi connectivity index (χ3n) is 16.5. The molecule has 4 aromatic rings. The monoisotopic (exact) mass is 1040 g/mol. The van der Waals surface area contributed by atoms with Gasteiger partial charge in [0.15, 0.2) is 5.76 Å². The summed E-state index contributed by atoms with van der Waals surface area (Å²) < 4.78 is 11.9. The number of hydrazine groups is 1. The molecular weight excluding hydrogens is 961 g/mol. The highest BCUT2D eigenvalue weighted by molar-refractivity contribution is 7.13. The molecule has 15 heteroatoms. The van der Waals surface area contributed by atoms with Crippen LogP contribution in [0.25, 0.3) is 16.1 Å². The number of thiazole rings is 1. The molecule has 6 atom stereocenters. The molecule has 3 saturated heterocycles. The average Bonchev–Trinajstić information content (AvgIpc) is 4.24. The van der Waals surface area contributed by atoms with E-state index in [1.54, 1.807) is 29.0 Å². The van der Waals surface area contributed by atoms with Crippen LogP contribution in [0.4, 0.5) is 0 Å². The molecule has 10 rings (SSSR count). The number of phenolic OH excluding ortho intramolecular Hbond substituents is 1. The summed E-state index contributed by atoms with van der Waals surface area (Å²) in [5.41, 5.74) is 18.8. The predicted molar refractivity (Wildman–Crippen MR) is 294 cm³/mol. The number of aliphatic hydroxyl groups is 1. The van der Waals surface area contributed by atoms with Crippen molar-refractivity contribution in [3.05, 3.63) is 135 Å². The molecule has 398 valence electrons. The van der Waals surface area contributed by atoms with Crippen molar-refractivity contribution in [3.8, 4) is 22.1 Å². The van der Waals surface area contributed by atoms with E-state index in [1.165, 1.54) is 42.0 Å². The van der Waals surface area contributed by atoms with Gasteiger partial charge in [-0.2, -0.15) is 0 Å². The predicted octanol–water partition coefficient (Wildman–Crippen LogP) is 9.74. The number of para-hydroxylation sites is 1. The van der Waals surface area contributed by atoms with E-state index in [-0.39, 0.29) is 42.5 Å². The first-order chi connectivity index (χ1) is 36.4. The van der Waals surface area contributed by atoms with Crippen molar-refractivity contribution in [3.63, 3.8) is 0 Å². The summed E-state index contributed by atoms with van der Waals surface area (Å²) in [6, 6.07) is 16.8. The molecular formula is C60H76N8O6S. The minimum Gasteiger partial charge on any atom is -0.507 e. The number of piperidine rings is 1. The number of benzene rings is 2. The molecule has 75 heavy (non-hydrogen) atoms. The number of aliphatic hydroxyl groups excluding tert-OH is 1. The summed E-state index contributed by atoms with van der Waals surface area (Å²) in [6.45, 7) is 13.6. The van der Waals surface area contributed by atoms with Gasteiger partial charge in [-0.05, 0) is 162 Å². The number of rotatable bonds is 15. The first-order valence-electron chi connectivity index (χ1n) is 27.6. The Morgan fingerprint density at radius 2 is 1.83 bits per heavy atom. The second-order valence-corrected chi connectivity index (χ2v) is 23.0. The van der Waals surface area contributed by atoms with Gasteiger partial charge in [0.2, 0.25) is 11.8 Å². The molecule has 4 aliphatic heterocycles. The average molecular weight is 1040 g/mol. The highest BCUT2D eigenvalue weighted by Crippen LogP contribution is 2.38. The van der Waals surface area contributed by atoms with Crippen LogP contribution in [0.15, 0.2) is 117 Å². The van der Waals surface area contributed by atoms with Crippen LogP contribution in [0.5, 0.6) is 11.6 Å². The quantitative estimate of drug-likeness (QED) is 0.0717. The van der Waals surface area contributed by atoms with Crippen LogP contribution < -0.4 is 20.9 Å². The first-order valence-corrected chi connectivity index (χ1v) is 28.4. The molecule has 0 saturated carbocycles. The molecule has 2 aromatic carbocycles. The lowest BCUT2D eigenvalue weighted by Crippen LogP contribution is -2.48. The van der Waals surface area contributed by atoms with E-state index in [0.717, 1.165) is 110 Å². The third kappa shape index (κ3) is 12.7. The van der Waals surface area contributed by atoms with Crippen LogP contribution in [0.1, 0.15) is 126 Å². The van der Waals surface area contributed by atoms with Gasteiger partial charge in [0.05, 0.1) is 39.6 Å². The Hall–Kier alpha value is -6.00. The van der Waals surface area contributed by atoms with Gasteiger partial charge in [-0.3, -0.25) is 19.4 Å². The summed E-state index contributed by atoms with van der Waals surface area (Å²) in [6.07, 6.45) is 22.5. The maximum Gasteiger partial charge on any atom is 0.254 e. The van der Waals surface area contributed by atoms with Crippen LogP contribution in [-0.4, -0.2) is 111 Å². The van der Waals surface area contributed by atoms with E-state index in [4.69, 9.17) is 9.26 Å². The summed E-state index contributed by atoms with van der Waals surface area (Å²) >= 11 is 1.60. The number of β-amino-alcohol motifs (C(OH)–C–C–N with tert-alkyl or cyclic N) is 1. The van der Waals surface area contributed by atoms with Crippen LogP contribution in [0.3, 0.4) is 0 Å². The lowest BCUT2D eigenvalue weighted by atomic mass is 9.83. The van der Waals surface area contributed by atoms with Gasteiger partial charge >= 0.3 is 0 Å². The van der Waals surface area contributed by atoms with E-state index in [9.17, 15) is 19.8 Å². The number of nitrogens with zero attached hydrogens (tertiary/aromatic N) is 5. The van der Waals surface area contributed by atoms with Crippen molar-refractivity contribution < 1.29 is 29.1 Å². The van der Waals surface area contributed by atoms with E-state index in [2.05, 4.69) is 66.5 Å². The number of allylic oxidation sites excluding steroid dienone is 8. The number of aryl methyl sites for hydroxylation is 1. The maximum atomic E-state index is 14.3. The summed E-state index contributed by atoms with van der Waals surface area (Å²) in [4.78, 5) is 40.3. The number of carbonyl (C=O) groups is 2. The Bertz CT molecular complexity index is 2800. The summed E-state index contributed by atoms with van der Waals surface area (Å²) in [5.74, 6) is 0.851. The van der Waals surface area contributed by atoms with Gasteiger partial charge in [-0.25, -0.2) is 4.98 Å². The molecule has 0 spiro atoms. The van der Waals surface area contributed by atoms with Gasteiger partial charge in [0, 0.05) is 43.7 Å². The molecule has 3 fully saturated rings. The zero-order valence-electron chi connectivity index (χ0n) is 44.2. The Morgan fingerprint density at radius 3 is 2.61 bits per heavy atom. The minimum atomic E-state index is -0.812. The number of carbonyl (C=O) groups excluding carboxylic acids is 2. The highest BCUT2D eigenvalue weighted by Gasteiger charge is 2.44. The van der Waals surface area contributed by atoms with Crippen molar-refractivity contribution in [2.24, 2.45) is 17.8 Å². The maximum absolute atomic E-state index is 14.3. The topological polar surface area (TPSA) is 169 Å². The number of likely N-dealkylation sites (tertiary alicyclic amines) is 3. The van der Waals surface area contributed by atoms with E-state index < -0.39 is 18.1 Å². The second kappa shape index (κ2) is 23.9. The van der Waals surface area contributed by atoms with Crippen molar-refractivity contribution in [2.45, 2.75) is 128 Å². The van der Waals surface area contributed by atoms with Crippen molar-refractivity contribution in [2.75, 3.05) is 45.9 Å². The Labute approximate surface area is 446 Å². The second-order valence-electron chi connectivity index (χ2n) is 22.2. The Morgan fingerprint density at radius 1 is 1.00 bits per heavy atom. The molecule has 6 heterocycles. The number of ether oxygens (including phenoxy) is 1. The van der Waals surface area contributed by atoms with Gasteiger partial charge in [-0.1, -0.05) is 79.6 Å². The van der Waals surface area contributed by atoms with Crippen LogP contribution in [-0.2, 0) is 9.59 Å². The fraction of sp³-hybridized carbons (Fsp3) is 0.500. The molecule has 2 amide bonds. The lowest BCUT2D eigenvalue weighted by molar-refractivity contribution is -0.141. The SMILES string of the molecule is Cc1ncsc1-c1ccc([C@H](C)NC(=O)[C@@H]2C[C@@H](O)CN2C(=O)[C@@H](c2cc(OCCN3CCC(N4CCC(C/C5=C/CC/C6=C\[C@@H](CC/C=C/C7=C(C=C(c8ccccc8O)NN7)C6)C5)C4)CC3)no2)C(C)C)cc1. The molecule has 14 nitrogen and oxygen atoms in total. The number of phenols is 1. The first kappa shape index (κ1) is 52.4. The van der Waals surface area contributed by atoms with Gasteiger partial charge in [-0.15, -0.1) is 11.3 Å². The minimum absolute atomic E-state index is 0.0711. The van der Waals surface area contributed by atoms with Crippen molar-refractivity contribution in [1.82, 2.24) is 41.0 Å². The zero-order chi connectivity index (χ0) is 52.0. The molecule has 5 N–H and O–H groups in total. The molecule has 1 unspecified atom stereocenters. The number of nitrogens with one attached hydrogen (secondary N) is 3. The number of fused-ring (bicyclic) bond motifs is 1. The number of aromatic nitrogens is 2. The van der Waals surface area contributed by atoms with Gasteiger partial charge in [0.1, 0.15) is 24.3 Å². The van der Waals surface area contributed by atoms with Gasteiger partial charge < -0.3 is 40.5 Å². The smallest absolute Gasteiger partial charge is 0.254 e. The third-order valence-corrected chi connectivity index (χ3v) is 17.5. The van der Waals surface area contributed by atoms with Crippen LogP contribution in [0, 0.1) is 24.7 Å². The number of amides is 2. The van der Waals surface area contributed by atoms with Crippen molar-refractivity contribution in [1.29, 1.82) is 0 Å². The van der Waals surface area contributed by atoms with E-state index >= 15 is 0 Å². The fourth-order valence-corrected chi connectivity index (χ4v) is 13.2. The number of hydrogen-bond donors (Lipinski definition) is 5. The highest BCUT2D eigenvalue weighted by atomic mass is 32.1. The van der Waals surface area contributed by atoms with E-state index in [0.29, 0.717) is 36.1 Å². The van der Waals surface area contributed by atoms with Crippen LogP contribution in [0.2, 0.25) is 0 Å². The van der Waals surface area contributed by atoms with E-state index in [1.807, 2.05) is 75.7 Å². The summed E-state index contributed by atoms with van der Waals surface area (Å²) in [5, 5.41) is 28.6. The standard InChI is InChI=1S/C60H76N8O6S/c1-38(2)57(60(72)68-36-49(69)33-53(68)59(71)62-39(3)45-16-18-46(19-17-45)58-40(4)61-37-75-58)55-34-56(65-74-55)73-27-26-66-23-21-48(22-24-66)67-25-20-44(35-67)30-42-11-9-12-43-29-41(28-42)10-5-7-14-51-47(31-43)32-52(64-63-51)50-13-6-8-15-54(50)70/h6-8,11,13-19,29,32,34,37-39,41,44,48-49,53,57,63-64,69-70H,5,9-10,12,20-28,30-31,33,35-36H2,1-4H3,(H,62,71)/b14-7+,42-11+,43-29+/t39-,41-,44?,49+,53-,57+/m0/s1. The van der Waals surface area contributed by atoms with Gasteiger partial charge in [0.25, 0.3) is 5.88 Å². The van der Waals surface area contributed by atoms with Crippen molar-refractivity contribution >= 4 is 28.8 Å². The molecule has 0 radical (unpaired) electrons. The molecule has 6 aliphatic rings. The number of aromatic hydroxyl groups is 1. The van der Waals surface area contributed by atoms with Crippen LogP contribution >= 0.6 is 11.3 Å². The molecule has 2 bridgehead atoms. The fourth-order valence-electron chi connectivity index (χ4n) is 12.4. The molecule has 2 aromatic heterocycles. The normalized spacial score (nSPS) is 25.6. The lowest BCUT2D eigenvalue weighted by Gasteiger charge is -2.36. The zero-order valence-corrected chi connectivity index (χ0v) is 45.0. The number of hydrogen-bond acceptors (Lipinski definition) is 13.